The van der Waals surface area contributed by atoms with E-state index in [-0.39, 0.29) is 22.9 Å². The minimum Gasteiger partial charge on any atom is -0.530 e. The lowest BCUT2D eigenvalue weighted by Gasteiger charge is -2.22. The fourth-order valence-electron chi connectivity index (χ4n) is 1.82. The van der Waals surface area contributed by atoms with Crippen LogP contribution in [0.3, 0.4) is 0 Å². The van der Waals surface area contributed by atoms with Crippen molar-refractivity contribution in [2.24, 2.45) is 0 Å². The average molecular weight is 325 g/mol. The standard InChI is InChI=1S/C15H13F3N2O3/c1-20(14(21)22)13-8-11(6-7-12(13)19)23-10-4-2-9(3-5-10)15(16,17)18/h2-8H,19H2,1H3,(H,21,22)/p-1. The molecule has 0 radical (unpaired) electrons. The number of hydrogen-bond donors (Lipinski definition) is 1. The Labute approximate surface area is 129 Å². The molecule has 8 heteroatoms. The SMILES string of the molecule is CN(C(=O)[O-])c1cc(Oc2ccc(C(F)(F)F)cc2)ccc1N. The maximum absolute atomic E-state index is 12.5. The summed E-state index contributed by atoms with van der Waals surface area (Å²) >= 11 is 0. The third-order valence-electron chi connectivity index (χ3n) is 3.05. The van der Waals surface area contributed by atoms with E-state index in [0.29, 0.717) is 0 Å². The van der Waals surface area contributed by atoms with E-state index in [1.54, 1.807) is 0 Å². The van der Waals surface area contributed by atoms with Gasteiger partial charge >= 0.3 is 6.18 Å². The Bertz CT molecular complexity index is 715. The van der Waals surface area contributed by atoms with Crippen LogP contribution >= 0.6 is 0 Å². The van der Waals surface area contributed by atoms with E-state index >= 15 is 0 Å². The lowest BCUT2D eigenvalue weighted by Crippen LogP contribution is -2.38. The molecule has 5 nitrogen and oxygen atoms in total. The number of carbonyl (C=O) groups is 1. The predicted molar refractivity (Wildman–Crippen MR) is 76.2 cm³/mol. The predicted octanol–water partition coefficient (Wildman–Crippen LogP) is 2.86. The molecule has 0 aliphatic rings. The molecular weight excluding hydrogens is 313 g/mol. The number of carboxylic acid groups (broad SMARTS) is 1. The average Bonchev–Trinajstić information content (AvgIpc) is 2.48. The summed E-state index contributed by atoms with van der Waals surface area (Å²) in [4.78, 5) is 11.7. The zero-order valence-corrected chi connectivity index (χ0v) is 11.9. The molecular formula is C15H12F3N2O3-. The molecule has 0 saturated heterocycles. The molecule has 0 saturated carbocycles. The van der Waals surface area contributed by atoms with Crippen molar-refractivity contribution in [3.8, 4) is 11.5 Å². The normalized spacial score (nSPS) is 11.1. The molecule has 0 aliphatic carbocycles. The number of nitrogens with zero attached hydrogens (tertiary/aromatic N) is 1. The third kappa shape index (κ3) is 3.85. The van der Waals surface area contributed by atoms with Gasteiger partial charge in [-0.3, -0.25) is 0 Å². The number of carbonyl (C=O) groups excluding carboxylic acids is 1. The van der Waals surface area contributed by atoms with Gasteiger partial charge in [-0.1, -0.05) is 0 Å². The van der Waals surface area contributed by atoms with Crippen molar-refractivity contribution in [3.05, 3.63) is 48.0 Å². The van der Waals surface area contributed by atoms with E-state index in [1.807, 2.05) is 0 Å². The van der Waals surface area contributed by atoms with Gasteiger partial charge in [-0.15, -0.1) is 0 Å². The largest absolute Gasteiger partial charge is 0.530 e. The molecule has 0 spiro atoms. The highest BCUT2D eigenvalue weighted by Gasteiger charge is 2.30. The van der Waals surface area contributed by atoms with Crippen molar-refractivity contribution in [3.63, 3.8) is 0 Å². The summed E-state index contributed by atoms with van der Waals surface area (Å²) in [5.41, 5.74) is 5.22. The quantitative estimate of drug-likeness (QED) is 0.880. The molecule has 2 rings (SSSR count). The Kier molecular flexibility index (Phi) is 4.35. The first-order chi connectivity index (χ1) is 10.7. The highest BCUT2D eigenvalue weighted by atomic mass is 19.4. The first-order valence-electron chi connectivity index (χ1n) is 6.38. The number of halogens is 3. The lowest BCUT2D eigenvalue weighted by molar-refractivity contribution is -0.246. The van der Waals surface area contributed by atoms with Crippen LogP contribution in [0.15, 0.2) is 42.5 Å². The molecule has 2 aromatic carbocycles. The molecule has 0 unspecified atom stereocenters. The number of anilines is 2. The summed E-state index contributed by atoms with van der Waals surface area (Å²) in [6, 6.07) is 8.36. The van der Waals surface area contributed by atoms with Crippen LogP contribution in [0.5, 0.6) is 11.5 Å². The minimum atomic E-state index is -4.43. The maximum atomic E-state index is 12.5. The van der Waals surface area contributed by atoms with Gasteiger partial charge in [0.2, 0.25) is 0 Å². The van der Waals surface area contributed by atoms with Gasteiger partial charge in [0.25, 0.3) is 0 Å². The number of benzene rings is 2. The number of nitrogens with two attached hydrogens (primary N) is 1. The van der Waals surface area contributed by atoms with E-state index < -0.39 is 17.8 Å². The van der Waals surface area contributed by atoms with E-state index in [9.17, 15) is 23.1 Å². The van der Waals surface area contributed by atoms with Gasteiger partial charge in [0.1, 0.15) is 17.6 Å². The Morgan fingerprint density at radius 3 is 2.22 bits per heavy atom. The van der Waals surface area contributed by atoms with Gasteiger partial charge in [-0.05, 0) is 36.4 Å². The molecule has 23 heavy (non-hydrogen) atoms. The van der Waals surface area contributed by atoms with Crippen LogP contribution < -0.4 is 20.5 Å². The van der Waals surface area contributed by atoms with Gasteiger partial charge in [0, 0.05) is 13.1 Å². The van der Waals surface area contributed by atoms with Crippen LogP contribution in [-0.4, -0.2) is 13.1 Å². The highest BCUT2D eigenvalue weighted by Crippen LogP contribution is 2.33. The zero-order valence-electron chi connectivity index (χ0n) is 11.9. The Morgan fingerprint density at radius 2 is 1.70 bits per heavy atom. The molecule has 0 aliphatic heterocycles. The molecule has 0 atom stereocenters. The summed E-state index contributed by atoms with van der Waals surface area (Å²) in [7, 11) is 1.25. The first kappa shape index (κ1) is 16.5. The number of alkyl halides is 3. The smallest absolute Gasteiger partial charge is 0.416 e. The molecule has 0 bridgehead atoms. The van der Waals surface area contributed by atoms with Gasteiger partial charge in [-0.2, -0.15) is 13.2 Å². The van der Waals surface area contributed by atoms with Crippen LogP contribution in [0, 0.1) is 0 Å². The topological polar surface area (TPSA) is 78.6 Å². The highest BCUT2D eigenvalue weighted by molar-refractivity contribution is 5.89. The van der Waals surface area contributed by atoms with E-state index in [0.717, 1.165) is 17.0 Å². The molecule has 2 N–H and O–H groups in total. The molecule has 0 fully saturated rings. The van der Waals surface area contributed by atoms with Gasteiger partial charge in [-0.25, -0.2) is 0 Å². The monoisotopic (exact) mass is 325 g/mol. The fourth-order valence-corrected chi connectivity index (χ4v) is 1.82. The van der Waals surface area contributed by atoms with Crippen molar-refractivity contribution in [2.45, 2.75) is 6.18 Å². The van der Waals surface area contributed by atoms with Crippen molar-refractivity contribution in [2.75, 3.05) is 17.7 Å². The van der Waals surface area contributed by atoms with Crippen LogP contribution in [0.1, 0.15) is 5.56 Å². The van der Waals surface area contributed by atoms with Crippen LogP contribution in [0.25, 0.3) is 0 Å². The molecule has 0 aromatic heterocycles. The second-order valence-corrected chi connectivity index (χ2v) is 4.67. The molecule has 2 aromatic rings. The second kappa shape index (κ2) is 6.07. The Morgan fingerprint density at radius 1 is 1.13 bits per heavy atom. The van der Waals surface area contributed by atoms with Gasteiger partial charge in [0.15, 0.2) is 0 Å². The minimum absolute atomic E-state index is 0.148. The van der Waals surface area contributed by atoms with Crippen molar-refractivity contribution < 1.29 is 27.8 Å². The van der Waals surface area contributed by atoms with E-state index in [4.69, 9.17) is 10.5 Å². The summed E-state index contributed by atoms with van der Waals surface area (Å²) in [5.74, 6) is 0.395. The van der Waals surface area contributed by atoms with Crippen LogP contribution in [-0.2, 0) is 6.18 Å². The van der Waals surface area contributed by atoms with E-state index in [1.165, 1.54) is 37.4 Å². The molecule has 0 heterocycles. The number of nitrogen functional groups attached to an aromatic ring is 1. The fraction of sp³-hybridized carbons (Fsp3) is 0.133. The van der Waals surface area contributed by atoms with Crippen LogP contribution in [0.2, 0.25) is 0 Å². The summed E-state index contributed by atoms with van der Waals surface area (Å²) < 4.78 is 42.9. The maximum Gasteiger partial charge on any atom is 0.416 e. The summed E-state index contributed by atoms with van der Waals surface area (Å²) in [6.45, 7) is 0. The lowest BCUT2D eigenvalue weighted by atomic mass is 10.2. The molecule has 122 valence electrons. The van der Waals surface area contributed by atoms with Crippen molar-refractivity contribution in [1.29, 1.82) is 0 Å². The molecule has 1 amide bonds. The number of hydrogen-bond acceptors (Lipinski definition) is 4. The van der Waals surface area contributed by atoms with E-state index in [2.05, 4.69) is 0 Å². The Hall–Kier alpha value is -2.90. The van der Waals surface area contributed by atoms with Crippen molar-refractivity contribution >= 4 is 17.5 Å². The van der Waals surface area contributed by atoms with Gasteiger partial charge in [0.05, 0.1) is 16.9 Å². The number of amides is 1. The van der Waals surface area contributed by atoms with Gasteiger partial charge < -0.3 is 25.3 Å². The third-order valence-corrected chi connectivity index (χ3v) is 3.05. The first-order valence-corrected chi connectivity index (χ1v) is 6.38. The van der Waals surface area contributed by atoms with Crippen LogP contribution in [0.4, 0.5) is 29.3 Å². The summed E-state index contributed by atoms with van der Waals surface area (Å²) in [5, 5.41) is 10.9. The zero-order chi connectivity index (χ0) is 17.2. The second-order valence-electron chi connectivity index (χ2n) is 4.67. The van der Waals surface area contributed by atoms with Crippen molar-refractivity contribution in [1.82, 2.24) is 0 Å². The Balaban J connectivity index is 2.24. The number of rotatable bonds is 3. The summed E-state index contributed by atoms with van der Waals surface area (Å²) in [6.07, 6.45) is -5.88. The number of ether oxygens (including phenoxy) is 1.